The summed E-state index contributed by atoms with van der Waals surface area (Å²) in [5, 5.41) is 8.85. The molecule has 24 heavy (non-hydrogen) atoms. The molecule has 0 atom stereocenters. The SMILES string of the molecule is O=C(CCc1nc(-c2cccs2)no1)NCCCN1CCOCC1. The van der Waals surface area contributed by atoms with Gasteiger partial charge in [-0.15, -0.1) is 11.3 Å². The molecular weight excluding hydrogens is 328 g/mol. The van der Waals surface area contributed by atoms with Crippen LogP contribution < -0.4 is 5.32 Å². The molecule has 1 amide bonds. The van der Waals surface area contributed by atoms with Gasteiger partial charge in [-0.25, -0.2) is 0 Å². The average Bonchev–Trinajstić information content (AvgIpc) is 3.29. The summed E-state index contributed by atoms with van der Waals surface area (Å²) in [6.45, 7) is 5.28. The number of rotatable bonds is 8. The Morgan fingerprint density at radius 2 is 2.25 bits per heavy atom. The standard InChI is InChI=1S/C16H22N4O3S/c21-14(17-6-2-7-20-8-10-22-11-9-20)4-5-15-18-16(19-23-15)13-3-1-12-24-13/h1,3,12H,2,4-11H2,(H,17,21). The zero-order valence-corrected chi connectivity index (χ0v) is 14.4. The minimum atomic E-state index is 0.0212. The summed E-state index contributed by atoms with van der Waals surface area (Å²) in [7, 11) is 0. The van der Waals surface area contributed by atoms with Crippen molar-refractivity contribution in [3.63, 3.8) is 0 Å². The fraction of sp³-hybridized carbons (Fsp3) is 0.562. The van der Waals surface area contributed by atoms with Gasteiger partial charge in [-0.05, 0) is 24.4 Å². The number of thiophene rings is 1. The van der Waals surface area contributed by atoms with E-state index in [0.29, 0.717) is 31.1 Å². The number of amides is 1. The van der Waals surface area contributed by atoms with E-state index in [9.17, 15) is 4.79 Å². The molecule has 0 unspecified atom stereocenters. The Kier molecular flexibility index (Phi) is 6.33. The van der Waals surface area contributed by atoms with Crippen molar-refractivity contribution in [1.29, 1.82) is 0 Å². The predicted octanol–water partition coefficient (Wildman–Crippen LogP) is 1.57. The Bertz CT molecular complexity index is 623. The van der Waals surface area contributed by atoms with Crippen LogP contribution in [0, 0.1) is 0 Å². The van der Waals surface area contributed by atoms with Gasteiger partial charge in [0.1, 0.15) is 0 Å². The number of aromatic nitrogens is 2. The Hall–Kier alpha value is -1.77. The fourth-order valence-corrected chi connectivity index (χ4v) is 3.18. The molecule has 0 spiro atoms. The van der Waals surface area contributed by atoms with E-state index in [2.05, 4.69) is 20.4 Å². The van der Waals surface area contributed by atoms with E-state index in [1.807, 2.05) is 17.5 Å². The van der Waals surface area contributed by atoms with Gasteiger partial charge in [0.25, 0.3) is 0 Å². The van der Waals surface area contributed by atoms with E-state index in [4.69, 9.17) is 9.26 Å². The molecule has 0 radical (unpaired) electrons. The molecule has 0 aliphatic carbocycles. The van der Waals surface area contributed by atoms with E-state index in [1.54, 1.807) is 11.3 Å². The molecule has 2 aromatic rings. The van der Waals surface area contributed by atoms with Crippen molar-refractivity contribution in [1.82, 2.24) is 20.4 Å². The fourth-order valence-electron chi connectivity index (χ4n) is 2.53. The lowest BCUT2D eigenvalue weighted by Gasteiger charge is -2.26. The molecule has 1 fully saturated rings. The summed E-state index contributed by atoms with van der Waals surface area (Å²) < 4.78 is 10.5. The molecule has 1 aliphatic heterocycles. The van der Waals surface area contributed by atoms with Crippen molar-refractivity contribution in [2.24, 2.45) is 0 Å². The van der Waals surface area contributed by atoms with Gasteiger partial charge in [-0.1, -0.05) is 11.2 Å². The number of hydrogen-bond donors (Lipinski definition) is 1. The molecule has 8 heteroatoms. The lowest BCUT2D eigenvalue weighted by Crippen LogP contribution is -2.38. The van der Waals surface area contributed by atoms with Crippen LogP contribution in [0.4, 0.5) is 0 Å². The van der Waals surface area contributed by atoms with Crippen LogP contribution in [0.3, 0.4) is 0 Å². The van der Waals surface area contributed by atoms with Crippen LogP contribution >= 0.6 is 11.3 Å². The summed E-state index contributed by atoms with van der Waals surface area (Å²) in [4.78, 5) is 19.5. The van der Waals surface area contributed by atoms with Crippen molar-refractivity contribution in [3.8, 4) is 10.7 Å². The van der Waals surface area contributed by atoms with E-state index < -0.39 is 0 Å². The molecule has 7 nitrogen and oxygen atoms in total. The van der Waals surface area contributed by atoms with Gasteiger partial charge in [0.05, 0.1) is 18.1 Å². The van der Waals surface area contributed by atoms with Crippen LogP contribution in [0.25, 0.3) is 10.7 Å². The van der Waals surface area contributed by atoms with E-state index in [-0.39, 0.29) is 5.91 Å². The van der Waals surface area contributed by atoms with Gasteiger partial charge in [0.2, 0.25) is 17.6 Å². The third-order valence-corrected chi connectivity index (χ3v) is 4.72. The number of carbonyl (C=O) groups excluding carboxylic acids is 1. The highest BCUT2D eigenvalue weighted by Gasteiger charge is 2.12. The minimum absolute atomic E-state index is 0.0212. The number of carbonyl (C=O) groups is 1. The quantitative estimate of drug-likeness (QED) is 0.728. The van der Waals surface area contributed by atoms with Crippen LogP contribution in [-0.2, 0) is 16.0 Å². The maximum atomic E-state index is 11.9. The molecule has 3 heterocycles. The molecule has 1 N–H and O–H groups in total. The lowest BCUT2D eigenvalue weighted by molar-refractivity contribution is -0.121. The summed E-state index contributed by atoms with van der Waals surface area (Å²) >= 11 is 1.56. The van der Waals surface area contributed by atoms with Gasteiger partial charge >= 0.3 is 0 Å². The zero-order valence-electron chi connectivity index (χ0n) is 13.6. The molecule has 0 saturated carbocycles. The van der Waals surface area contributed by atoms with Crippen molar-refractivity contribution >= 4 is 17.2 Å². The van der Waals surface area contributed by atoms with Crippen LogP contribution in [0.5, 0.6) is 0 Å². The first-order valence-corrected chi connectivity index (χ1v) is 9.12. The van der Waals surface area contributed by atoms with Crippen molar-refractivity contribution in [3.05, 3.63) is 23.4 Å². The molecule has 1 aliphatic rings. The van der Waals surface area contributed by atoms with E-state index in [0.717, 1.165) is 44.1 Å². The Balaban J connectivity index is 1.31. The summed E-state index contributed by atoms with van der Waals surface area (Å²) in [6, 6.07) is 3.89. The Morgan fingerprint density at radius 3 is 3.04 bits per heavy atom. The normalized spacial score (nSPS) is 15.5. The maximum Gasteiger partial charge on any atom is 0.227 e. The highest BCUT2D eigenvalue weighted by molar-refractivity contribution is 7.13. The number of morpholine rings is 1. The molecule has 130 valence electrons. The number of hydrogen-bond acceptors (Lipinski definition) is 7. The first-order chi connectivity index (χ1) is 11.8. The number of ether oxygens (including phenoxy) is 1. The van der Waals surface area contributed by atoms with E-state index in [1.165, 1.54) is 0 Å². The summed E-state index contributed by atoms with van der Waals surface area (Å²) in [5.74, 6) is 1.11. The molecule has 0 bridgehead atoms. The minimum Gasteiger partial charge on any atom is -0.379 e. The highest BCUT2D eigenvalue weighted by Crippen LogP contribution is 2.21. The van der Waals surface area contributed by atoms with Gasteiger partial charge in [0, 0.05) is 32.5 Å². The smallest absolute Gasteiger partial charge is 0.227 e. The van der Waals surface area contributed by atoms with Crippen molar-refractivity contribution in [2.75, 3.05) is 39.4 Å². The number of aryl methyl sites for hydroxylation is 1. The molecular formula is C16H22N4O3S. The molecule has 3 rings (SSSR count). The van der Waals surface area contributed by atoms with Crippen LogP contribution in [0.1, 0.15) is 18.7 Å². The second-order valence-electron chi connectivity index (χ2n) is 5.65. The van der Waals surface area contributed by atoms with Gasteiger partial charge < -0.3 is 14.6 Å². The van der Waals surface area contributed by atoms with E-state index >= 15 is 0 Å². The predicted molar refractivity (Wildman–Crippen MR) is 90.8 cm³/mol. The first-order valence-electron chi connectivity index (χ1n) is 8.24. The highest BCUT2D eigenvalue weighted by atomic mass is 32.1. The van der Waals surface area contributed by atoms with Crippen LogP contribution in [0.15, 0.2) is 22.0 Å². The number of nitrogens with zero attached hydrogens (tertiary/aromatic N) is 3. The van der Waals surface area contributed by atoms with Crippen molar-refractivity contribution < 1.29 is 14.1 Å². The second kappa shape index (κ2) is 8.91. The Morgan fingerprint density at radius 1 is 1.38 bits per heavy atom. The molecule has 1 saturated heterocycles. The van der Waals surface area contributed by atoms with Crippen LogP contribution in [-0.4, -0.2) is 60.3 Å². The third kappa shape index (κ3) is 5.12. The largest absolute Gasteiger partial charge is 0.379 e. The average molecular weight is 350 g/mol. The first kappa shape index (κ1) is 17.1. The Labute approximate surface area is 145 Å². The summed E-state index contributed by atoms with van der Waals surface area (Å²) in [6.07, 6.45) is 1.78. The second-order valence-corrected chi connectivity index (χ2v) is 6.59. The molecule has 0 aromatic carbocycles. The zero-order chi connectivity index (χ0) is 16.6. The molecule has 2 aromatic heterocycles. The van der Waals surface area contributed by atoms with Crippen LogP contribution in [0.2, 0.25) is 0 Å². The van der Waals surface area contributed by atoms with Gasteiger partial charge in [-0.2, -0.15) is 4.98 Å². The lowest BCUT2D eigenvalue weighted by atomic mass is 10.3. The monoisotopic (exact) mass is 350 g/mol. The third-order valence-electron chi connectivity index (χ3n) is 3.85. The number of nitrogens with one attached hydrogen (secondary N) is 1. The maximum absolute atomic E-state index is 11.9. The van der Waals surface area contributed by atoms with Gasteiger partial charge in [-0.3, -0.25) is 9.69 Å². The van der Waals surface area contributed by atoms with Crippen molar-refractivity contribution in [2.45, 2.75) is 19.3 Å². The van der Waals surface area contributed by atoms with Gasteiger partial charge in [0.15, 0.2) is 0 Å². The summed E-state index contributed by atoms with van der Waals surface area (Å²) in [5.41, 5.74) is 0. The topological polar surface area (TPSA) is 80.5 Å².